The fourth-order valence-corrected chi connectivity index (χ4v) is 4.54. The molecule has 2 aliphatic rings. The third-order valence-electron chi connectivity index (χ3n) is 6.09. The zero-order valence-electron chi connectivity index (χ0n) is 16.8. The van der Waals surface area contributed by atoms with Gasteiger partial charge in [-0.3, -0.25) is 4.90 Å². The Morgan fingerprint density at radius 2 is 1.80 bits per heavy atom. The van der Waals surface area contributed by atoms with Crippen molar-refractivity contribution < 1.29 is 9.47 Å². The standard InChI is InChI=1S/C26H24N2O2/c27-13-21-8-11-26-24(12-21)25-16-28(15-22(25)18-30-26)14-19-6-9-23(10-7-19)29-17-20-4-2-1-3-5-20/h1-12,22,25H,14-18H2/t22-,25+/m0/s1. The van der Waals surface area contributed by atoms with Gasteiger partial charge in [-0.1, -0.05) is 42.5 Å². The van der Waals surface area contributed by atoms with Crippen molar-refractivity contribution in [3.8, 4) is 17.6 Å². The van der Waals surface area contributed by atoms with E-state index in [2.05, 4.69) is 47.4 Å². The maximum Gasteiger partial charge on any atom is 0.122 e. The second-order valence-electron chi connectivity index (χ2n) is 8.15. The highest BCUT2D eigenvalue weighted by molar-refractivity contribution is 5.46. The number of benzene rings is 3. The van der Waals surface area contributed by atoms with E-state index < -0.39 is 0 Å². The van der Waals surface area contributed by atoms with E-state index in [1.165, 1.54) is 16.7 Å². The van der Waals surface area contributed by atoms with Gasteiger partial charge in [0.25, 0.3) is 0 Å². The summed E-state index contributed by atoms with van der Waals surface area (Å²) in [5, 5.41) is 9.24. The SMILES string of the molecule is N#Cc1ccc2c(c1)[C@@H]1CN(Cc3ccc(OCc4ccccc4)cc3)C[C@H]1CO2. The van der Waals surface area contributed by atoms with Gasteiger partial charge in [0.15, 0.2) is 0 Å². The van der Waals surface area contributed by atoms with Gasteiger partial charge in [0.2, 0.25) is 0 Å². The molecule has 4 nitrogen and oxygen atoms in total. The molecule has 150 valence electrons. The van der Waals surface area contributed by atoms with Gasteiger partial charge in [-0.2, -0.15) is 5.26 Å². The summed E-state index contributed by atoms with van der Waals surface area (Å²) in [4.78, 5) is 2.49. The van der Waals surface area contributed by atoms with Crippen molar-refractivity contribution in [1.29, 1.82) is 5.26 Å². The molecule has 3 aromatic carbocycles. The number of fused-ring (bicyclic) bond motifs is 3. The van der Waals surface area contributed by atoms with E-state index in [0.29, 0.717) is 24.0 Å². The van der Waals surface area contributed by atoms with Gasteiger partial charge in [0, 0.05) is 37.0 Å². The van der Waals surface area contributed by atoms with Gasteiger partial charge in [0.05, 0.1) is 18.2 Å². The minimum Gasteiger partial charge on any atom is -0.493 e. The van der Waals surface area contributed by atoms with Crippen LogP contribution >= 0.6 is 0 Å². The van der Waals surface area contributed by atoms with Gasteiger partial charge in [-0.25, -0.2) is 0 Å². The predicted molar refractivity (Wildman–Crippen MR) is 115 cm³/mol. The number of likely N-dealkylation sites (tertiary alicyclic amines) is 1. The van der Waals surface area contributed by atoms with E-state index in [-0.39, 0.29) is 0 Å². The lowest BCUT2D eigenvalue weighted by Crippen LogP contribution is -2.25. The fraction of sp³-hybridized carbons (Fsp3) is 0.269. The highest BCUT2D eigenvalue weighted by atomic mass is 16.5. The molecule has 0 aromatic heterocycles. The molecule has 0 saturated carbocycles. The average Bonchev–Trinajstić information content (AvgIpc) is 3.22. The van der Waals surface area contributed by atoms with Crippen LogP contribution in [0, 0.1) is 17.2 Å². The molecule has 0 unspecified atom stereocenters. The summed E-state index contributed by atoms with van der Waals surface area (Å²) in [6.07, 6.45) is 0. The maximum atomic E-state index is 9.24. The number of nitrogens with zero attached hydrogens (tertiary/aromatic N) is 2. The molecule has 0 aliphatic carbocycles. The predicted octanol–water partition coefficient (Wildman–Crippen LogP) is 4.75. The minimum atomic E-state index is 0.440. The molecule has 5 rings (SSSR count). The molecule has 0 amide bonds. The topological polar surface area (TPSA) is 45.5 Å². The number of ether oxygens (including phenoxy) is 2. The molecule has 0 spiro atoms. The first kappa shape index (κ1) is 18.7. The van der Waals surface area contributed by atoms with Crippen LogP contribution in [0.15, 0.2) is 72.8 Å². The minimum absolute atomic E-state index is 0.440. The summed E-state index contributed by atoms with van der Waals surface area (Å²) in [7, 11) is 0. The highest BCUT2D eigenvalue weighted by Gasteiger charge is 2.38. The van der Waals surface area contributed by atoms with E-state index in [1.54, 1.807) is 0 Å². The average molecular weight is 396 g/mol. The molecule has 0 N–H and O–H groups in total. The molecule has 3 aromatic rings. The summed E-state index contributed by atoms with van der Waals surface area (Å²) >= 11 is 0. The van der Waals surface area contributed by atoms with Crippen LogP contribution in [0.5, 0.6) is 11.5 Å². The van der Waals surface area contributed by atoms with E-state index in [0.717, 1.165) is 37.7 Å². The van der Waals surface area contributed by atoms with Crippen molar-refractivity contribution >= 4 is 0 Å². The number of rotatable bonds is 5. The Hall–Kier alpha value is -3.29. The first-order chi connectivity index (χ1) is 14.8. The first-order valence-corrected chi connectivity index (χ1v) is 10.4. The van der Waals surface area contributed by atoms with Gasteiger partial charge in [0.1, 0.15) is 18.1 Å². The van der Waals surface area contributed by atoms with E-state index in [1.807, 2.05) is 36.4 Å². The summed E-state index contributed by atoms with van der Waals surface area (Å²) in [5.74, 6) is 2.76. The smallest absolute Gasteiger partial charge is 0.122 e. The second kappa shape index (κ2) is 8.22. The van der Waals surface area contributed by atoms with Crippen LogP contribution in [0.3, 0.4) is 0 Å². The zero-order valence-corrected chi connectivity index (χ0v) is 16.8. The molecule has 4 heteroatoms. The lowest BCUT2D eigenvalue weighted by molar-refractivity contribution is 0.212. The molecule has 2 aliphatic heterocycles. The van der Waals surface area contributed by atoms with Crippen LogP contribution in [0.25, 0.3) is 0 Å². The Morgan fingerprint density at radius 1 is 0.967 bits per heavy atom. The monoisotopic (exact) mass is 396 g/mol. The largest absolute Gasteiger partial charge is 0.493 e. The van der Waals surface area contributed by atoms with Gasteiger partial charge >= 0.3 is 0 Å². The lowest BCUT2D eigenvalue weighted by Gasteiger charge is -2.27. The normalized spacial score (nSPS) is 20.0. The number of nitriles is 1. The molecule has 30 heavy (non-hydrogen) atoms. The molecule has 2 atom stereocenters. The van der Waals surface area contributed by atoms with Crippen molar-refractivity contribution in [2.45, 2.75) is 19.1 Å². The zero-order chi connectivity index (χ0) is 20.3. The summed E-state index contributed by atoms with van der Waals surface area (Å²) in [6, 6.07) is 26.7. The number of hydrogen-bond acceptors (Lipinski definition) is 4. The number of hydrogen-bond donors (Lipinski definition) is 0. The van der Waals surface area contributed by atoms with Crippen molar-refractivity contribution in [1.82, 2.24) is 4.90 Å². The van der Waals surface area contributed by atoms with Crippen LogP contribution in [0.2, 0.25) is 0 Å². The van der Waals surface area contributed by atoms with Crippen LogP contribution in [0.1, 0.15) is 28.2 Å². The Labute approximate surface area is 177 Å². The van der Waals surface area contributed by atoms with Crippen molar-refractivity contribution in [3.63, 3.8) is 0 Å². The third kappa shape index (κ3) is 3.90. The first-order valence-electron chi connectivity index (χ1n) is 10.4. The van der Waals surface area contributed by atoms with Crippen LogP contribution in [0.4, 0.5) is 0 Å². The molecular formula is C26H24N2O2. The Balaban J connectivity index is 1.21. The third-order valence-corrected chi connectivity index (χ3v) is 6.09. The lowest BCUT2D eigenvalue weighted by atomic mass is 9.86. The second-order valence-corrected chi connectivity index (χ2v) is 8.15. The van der Waals surface area contributed by atoms with E-state index >= 15 is 0 Å². The van der Waals surface area contributed by atoms with Crippen molar-refractivity contribution in [2.24, 2.45) is 5.92 Å². The summed E-state index contributed by atoms with van der Waals surface area (Å²) < 4.78 is 11.9. The molecule has 2 heterocycles. The van der Waals surface area contributed by atoms with Gasteiger partial charge < -0.3 is 9.47 Å². The molecule has 0 radical (unpaired) electrons. The summed E-state index contributed by atoms with van der Waals surface area (Å²) in [6.45, 7) is 4.28. The van der Waals surface area contributed by atoms with Crippen molar-refractivity contribution in [3.05, 3.63) is 95.1 Å². The highest BCUT2D eigenvalue weighted by Crippen LogP contribution is 2.42. The summed E-state index contributed by atoms with van der Waals surface area (Å²) in [5.41, 5.74) is 4.36. The maximum absolute atomic E-state index is 9.24. The van der Waals surface area contributed by atoms with Crippen LogP contribution < -0.4 is 9.47 Å². The van der Waals surface area contributed by atoms with Crippen LogP contribution in [-0.2, 0) is 13.2 Å². The Morgan fingerprint density at radius 3 is 2.60 bits per heavy atom. The van der Waals surface area contributed by atoms with E-state index in [9.17, 15) is 5.26 Å². The van der Waals surface area contributed by atoms with E-state index in [4.69, 9.17) is 9.47 Å². The molecule has 1 fully saturated rings. The fourth-order valence-electron chi connectivity index (χ4n) is 4.54. The Bertz CT molecular complexity index is 1060. The van der Waals surface area contributed by atoms with Gasteiger partial charge in [-0.05, 0) is 41.5 Å². The quantitative estimate of drug-likeness (QED) is 0.625. The van der Waals surface area contributed by atoms with Crippen molar-refractivity contribution in [2.75, 3.05) is 19.7 Å². The molecular weight excluding hydrogens is 372 g/mol. The Kier molecular flexibility index (Phi) is 5.13. The van der Waals surface area contributed by atoms with Crippen LogP contribution in [-0.4, -0.2) is 24.6 Å². The van der Waals surface area contributed by atoms with Gasteiger partial charge in [-0.15, -0.1) is 0 Å². The molecule has 1 saturated heterocycles. The molecule has 0 bridgehead atoms.